The van der Waals surface area contributed by atoms with Gasteiger partial charge in [-0.25, -0.2) is 13.1 Å². The number of hydrogen-bond acceptors (Lipinski definition) is 5. The van der Waals surface area contributed by atoms with Gasteiger partial charge in [-0.2, -0.15) is 9.90 Å². The predicted molar refractivity (Wildman–Crippen MR) is 106 cm³/mol. The van der Waals surface area contributed by atoms with Crippen LogP contribution in [-0.4, -0.2) is 34.9 Å². The summed E-state index contributed by atoms with van der Waals surface area (Å²) < 4.78 is 27.5. The van der Waals surface area contributed by atoms with Crippen LogP contribution in [0.1, 0.15) is 31.3 Å². The second-order valence-corrected chi connectivity index (χ2v) is 8.87. The van der Waals surface area contributed by atoms with E-state index < -0.39 is 21.5 Å². The van der Waals surface area contributed by atoms with Crippen LogP contribution < -0.4 is 10.0 Å². The molecule has 9 heteroatoms. The molecular formula is C19H21N5O3S. The number of aromatic nitrogens is 3. The zero-order valence-electron chi connectivity index (χ0n) is 15.7. The number of para-hydroxylation sites is 1. The standard InChI is InChI=1S/C19H21N5O3S/c1-19(2,3)23-28(26,27)16-11-7-8-14(12-16)21-18(25)17-13-20-24(22-17)15-9-5-4-6-10-15/h4-13,23H,1-3H3,(H,21,25). The summed E-state index contributed by atoms with van der Waals surface area (Å²) >= 11 is 0. The van der Waals surface area contributed by atoms with Gasteiger partial charge >= 0.3 is 0 Å². The summed E-state index contributed by atoms with van der Waals surface area (Å²) in [7, 11) is -3.71. The third-order valence-corrected chi connectivity index (χ3v) is 5.31. The second kappa shape index (κ2) is 7.53. The molecule has 146 valence electrons. The maximum Gasteiger partial charge on any atom is 0.277 e. The number of rotatable bonds is 5. The van der Waals surface area contributed by atoms with Gasteiger partial charge < -0.3 is 5.32 Å². The summed E-state index contributed by atoms with van der Waals surface area (Å²) in [5.41, 5.74) is 0.567. The lowest BCUT2D eigenvalue weighted by Gasteiger charge is -2.20. The molecule has 0 saturated carbocycles. The van der Waals surface area contributed by atoms with E-state index in [1.54, 1.807) is 32.9 Å². The van der Waals surface area contributed by atoms with Gasteiger partial charge in [0.05, 0.1) is 16.8 Å². The van der Waals surface area contributed by atoms with Crippen LogP contribution in [0, 0.1) is 0 Å². The molecule has 1 amide bonds. The predicted octanol–water partition coefficient (Wildman–Crippen LogP) is 2.60. The topological polar surface area (TPSA) is 106 Å². The van der Waals surface area contributed by atoms with E-state index in [4.69, 9.17) is 0 Å². The Hall–Kier alpha value is -3.04. The molecule has 0 spiro atoms. The first kappa shape index (κ1) is 19.7. The molecule has 1 heterocycles. The van der Waals surface area contributed by atoms with Crippen LogP contribution in [0.4, 0.5) is 5.69 Å². The monoisotopic (exact) mass is 399 g/mol. The lowest BCUT2D eigenvalue weighted by molar-refractivity contribution is 0.102. The smallest absolute Gasteiger partial charge is 0.277 e. The summed E-state index contributed by atoms with van der Waals surface area (Å²) in [6, 6.07) is 15.2. The molecule has 1 aromatic heterocycles. The average Bonchev–Trinajstić information content (AvgIpc) is 3.11. The molecular weight excluding hydrogens is 378 g/mol. The van der Waals surface area contributed by atoms with E-state index in [1.807, 2.05) is 30.3 Å². The van der Waals surface area contributed by atoms with E-state index in [2.05, 4.69) is 20.2 Å². The SMILES string of the molecule is CC(C)(C)NS(=O)(=O)c1cccc(NC(=O)c2cnn(-c3ccccc3)n2)c1. The van der Waals surface area contributed by atoms with Crippen LogP contribution in [0.25, 0.3) is 5.69 Å². The first-order chi connectivity index (χ1) is 13.1. The third-order valence-electron chi connectivity index (χ3n) is 3.55. The molecule has 28 heavy (non-hydrogen) atoms. The van der Waals surface area contributed by atoms with E-state index in [0.29, 0.717) is 5.69 Å². The molecule has 2 aromatic carbocycles. The zero-order valence-corrected chi connectivity index (χ0v) is 16.6. The molecule has 0 unspecified atom stereocenters. The quantitative estimate of drug-likeness (QED) is 0.686. The van der Waals surface area contributed by atoms with Gasteiger partial charge in [0.2, 0.25) is 10.0 Å². The lowest BCUT2D eigenvalue weighted by Crippen LogP contribution is -2.40. The molecule has 0 aliphatic carbocycles. The molecule has 0 atom stereocenters. The zero-order chi connectivity index (χ0) is 20.4. The number of hydrogen-bond donors (Lipinski definition) is 2. The highest BCUT2D eigenvalue weighted by atomic mass is 32.2. The minimum absolute atomic E-state index is 0.0631. The molecule has 0 saturated heterocycles. The van der Waals surface area contributed by atoms with E-state index in [9.17, 15) is 13.2 Å². The van der Waals surface area contributed by atoms with Crippen molar-refractivity contribution in [3.63, 3.8) is 0 Å². The molecule has 0 radical (unpaired) electrons. The van der Waals surface area contributed by atoms with Crippen molar-refractivity contribution < 1.29 is 13.2 Å². The molecule has 0 bridgehead atoms. The fourth-order valence-electron chi connectivity index (χ4n) is 2.45. The number of amides is 1. The minimum atomic E-state index is -3.71. The molecule has 0 fully saturated rings. The third kappa shape index (κ3) is 4.81. The first-order valence-electron chi connectivity index (χ1n) is 8.57. The molecule has 0 aliphatic heterocycles. The van der Waals surface area contributed by atoms with Crippen molar-refractivity contribution in [1.82, 2.24) is 19.7 Å². The van der Waals surface area contributed by atoms with Crippen LogP contribution in [0.3, 0.4) is 0 Å². The summed E-state index contributed by atoms with van der Waals surface area (Å²) in [6.07, 6.45) is 1.35. The summed E-state index contributed by atoms with van der Waals surface area (Å²) in [5.74, 6) is -0.486. The Kier molecular flexibility index (Phi) is 5.30. The van der Waals surface area contributed by atoms with E-state index in [-0.39, 0.29) is 10.6 Å². The van der Waals surface area contributed by atoms with Crippen molar-refractivity contribution in [3.8, 4) is 5.69 Å². The second-order valence-electron chi connectivity index (χ2n) is 7.19. The number of sulfonamides is 1. The van der Waals surface area contributed by atoms with Crippen molar-refractivity contribution in [2.45, 2.75) is 31.2 Å². The van der Waals surface area contributed by atoms with E-state index in [1.165, 1.54) is 23.1 Å². The van der Waals surface area contributed by atoms with Crippen LogP contribution in [0.2, 0.25) is 0 Å². The highest BCUT2D eigenvalue weighted by Gasteiger charge is 2.22. The van der Waals surface area contributed by atoms with Gasteiger partial charge in [-0.1, -0.05) is 24.3 Å². The fourth-order valence-corrected chi connectivity index (χ4v) is 3.91. The van der Waals surface area contributed by atoms with E-state index in [0.717, 1.165) is 5.69 Å². The van der Waals surface area contributed by atoms with Crippen LogP contribution >= 0.6 is 0 Å². The van der Waals surface area contributed by atoms with Crippen molar-refractivity contribution in [1.29, 1.82) is 0 Å². The summed E-state index contributed by atoms with van der Waals surface area (Å²) in [6.45, 7) is 5.27. The average molecular weight is 399 g/mol. The minimum Gasteiger partial charge on any atom is -0.321 e. The molecule has 0 aliphatic rings. The van der Waals surface area contributed by atoms with Crippen LogP contribution in [0.15, 0.2) is 65.7 Å². The van der Waals surface area contributed by atoms with Crippen molar-refractivity contribution >= 4 is 21.6 Å². The number of nitrogens with one attached hydrogen (secondary N) is 2. The number of carbonyl (C=O) groups is 1. The van der Waals surface area contributed by atoms with Gasteiger partial charge in [0.15, 0.2) is 5.69 Å². The van der Waals surface area contributed by atoms with Crippen molar-refractivity contribution in [3.05, 3.63) is 66.5 Å². The van der Waals surface area contributed by atoms with E-state index >= 15 is 0 Å². The Morgan fingerprint density at radius 2 is 1.75 bits per heavy atom. The Bertz CT molecular complexity index is 1090. The fraction of sp³-hybridized carbons (Fsp3) is 0.211. The molecule has 8 nitrogen and oxygen atoms in total. The van der Waals surface area contributed by atoms with Gasteiger partial charge in [-0.05, 0) is 51.1 Å². The molecule has 2 N–H and O–H groups in total. The number of carbonyl (C=O) groups excluding carboxylic acids is 1. The Balaban J connectivity index is 1.78. The van der Waals surface area contributed by atoms with Crippen molar-refractivity contribution in [2.75, 3.05) is 5.32 Å². The van der Waals surface area contributed by atoms with Crippen LogP contribution in [0.5, 0.6) is 0 Å². The summed E-state index contributed by atoms with van der Waals surface area (Å²) in [5, 5.41) is 10.9. The Morgan fingerprint density at radius 1 is 1.04 bits per heavy atom. The largest absolute Gasteiger partial charge is 0.321 e. The highest BCUT2D eigenvalue weighted by Crippen LogP contribution is 2.18. The van der Waals surface area contributed by atoms with Crippen LogP contribution in [-0.2, 0) is 10.0 Å². The maximum absolute atomic E-state index is 12.5. The normalized spacial score (nSPS) is 12.0. The van der Waals surface area contributed by atoms with Gasteiger partial charge in [-0.3, -0.25) is 4.79 Å². The molecule has 3 rings (SSSR count). The van der Waals surface area contributed by atoms with Gasteiger partial charge in [-0.15, -0.1) is 5.10 Å². The Labute approximate surface area is 163 Å². The highest BCUT2D eigenvalue weighted by molar-refractivity contribution is 7.89. The number of benzene rings is 2. The van der Waals surface area contributed by atoms with Gasteiger partial charge in [0, 0.05) is 11.2 Å². The first-order valence-corrected chi connectivity index (χ1v) is 10.1. The molecule has 3 aromatic rings. The maximum atomic E-state index is 12.5. The summed E-state index contributed by atoms with van der Waals surface area (Å²) in [4.78, 5) is 13.9. The van der Waals surface area contributed by atoms with Crippen molar-refractivity contribution in [2.24, 2.45) is 0 Å². The van der Waals surface area contributed by atoms with Gasteiger partial charge in [0.1, 0.15) is 0 Å². The number of nitrogens with zero attached hydrogens (tertiary/aromatic N) is 3. The number of anilines is 1. The Morgan fingerprint density at radius 3 is 2.43 bits per heavy atom. The van der Waals surface area contributed by atoms with Gasteiger partial charge in [0.25, 0.3) is 5.91 Å². The lowest BCUT2D eigenvalue weighted by atomic mass is 10.1.